The number of sulfonamides is 1. The second-order valence-electron chi connectivity index (χ2n) is 8.57. The Morgan fingerprint density at radius 3 is 2.17 bits per heavy atom. The molecule has 0 aliphatic carbocycles. The zero-order valence-electron chi connectivity index (χ0n) is 20.9. The number of phenols is 1. The topological polar surface area (TPSA) is 187 Å². The van der Waals surface area contributed by atoms with Gasteiger partial charge in [-0.05, 0) is 41.5 Å². The lowest BCUT2D eigenvalue weighted by atomic mass is 10.1. The first-order valence-corrected chi connectivity index (χ1v) is 14.4. The van der Waals surface area contributed by atoms with E-state index in [1.807, 2.05) is 30.3 Å². The van der Waals surface area contributed by atoms with Crippen LogP contribution in [0.3, 0.4) is 0 Å². The first-order chi connectivity index (χ1) is 19.0. The second-order valence-corrected chi connectivity index (χ2v) is 11.3. The third kappa shape index (κ3) is 8.66. The van der Waals surface area contributed by atoms with Crippen molar-refractivity contribution in [2.24, 2.45) is 0 Å². The molecule has 40 heavy (non-hydrogen) atoms. The van der Waals surface area contributed by atoms with Crippen molar-refractivity contribution in [2.45, 2.75) is 29.7 Å². The molecular formula is C27H26N2O9S2. The maximum absolute atomic E-state index is 12.7. The highest BCUT2D eigenvalue weighted by Gasteiger charge is 2.24. The maximum atomic E-state index is 12.7. The van der Waals surface area contributed by atoms with Gasteiger partial charge in [0.25, 0.3) is 5.91 Å². The van der Waals surface area contributed by atoms with Crippen molar-refractivity contribution < 1.29 is 42.9 Å². The van der Waals surface area contributed by atoms with Crippen LogP contribution in [0.2, 0.25) is 0 Å². The lowest BCUT2D eigenvalue weighted by Gasteiger charge is -2.16. The third-order valence-corrected chi connectivity index (χ3v) is 8.04. The van der Waals surface area contributed by atoms with E-state index in [9.17, 15) is 37.8 Å². The Morgan fingerprint density at radius 1 is 0.875 bits per heavy atom. The molecule has 1 atom stereocenters. The van der Waals surface area contributed by atoms with Crippen LogP contribution in [0.5, 0.6) is 5.75 Å². The highest BCUT2D eigenvalue weighted by Crippen LogP contribution is 2.21. The van der Waals surface area contributed by atoms with Crippen molar-refractivity contribution in [3.8, 4) is 5.75 Å². The van der Waals surface area contributed by atoms with Crippen molar-refractivity contribution in [1.29, 1.82) is 0 Å². The van der Waals surface area contributed by atoms with Crippen LogP contribution in [0.1, 0.15) is 38.3 Å². The Hall–Kier alpha value is -4.20. The van der Waals surface area contributed by atoms with Gasteiger partial charge >= 0.3 is 11.9 Å². The third-order valence-electron chi connectivity index (χ3n) is 5.62. The van der Waals surface area contributed by atoms with Crippen molar-refractivity contribution in [2.75, 3.05) is 5.75 Å². The van der Waals surface area contributed by atoms with Crippen molar-refractivity contribution in [1.82, 2.24) is 10.0 Å². The number of aromatic carboxylic acids is 1. The van der Waals surface area contributed by atoms with Crippen LogP contribution in [0.15, 0.2) is 77.7 Å². The van der Waals surface area contributed by atoms with E-state index in [0.717, 1.165) is 23.8 Å². The Morgan fingerprint density at radius 2 is 1.55 bits per heavy atom. The molecule has 3 rings (SSSR count). The van der Waals surface area contributed by atoms with E-state index in [-0.39, 0.29) is 22.8 Å². The number of Topliss-reactive ketones (excluding diaryl/α,β-unsaturated/α-hetero) is 1. The summed E-state index contributed by atoms with van der Waals surface area (Å²) in [5.74, 6) is -3.81. The molecule has 0 aliphatic heterocycles. The lowest BCUT2D eigenvalue weighted by molar-refractivity contribution is -0.139. The molecule has 0 saturated heterocycles. The van der Waals surface area contributed by atoms with Gasteiger partial charge in [0, 0.05) is 17.9 Å². The first-order valence-electron chi connectivity index (χ1n) is 11.8. The van der Waals surface area contributed by atoms with Crippen LogP contribution in [-0.4, -0.2) is 59.2 Å². The fourth-order valence-corrected chi connectivity index (χ4v) is 5.47. The zero-order valence-corrected chi connectivity index (χ0v) is 22.6. The molecule has 0 aromatic heterocycles. The summed E-state index contributed by atoms with van der Waals surface area (Å²) < 4.78 is 27.4. The van der Waals surface area contributed by atoms with E-state index in [4.69, 9.17) is 5.11 Å². The van der Waals surface area contributed by atoms with Gasteiger partial charge in [-0.25, -0.2) is 17.9 Å². The van der Waals surface area contributed by atoms with Gasteiger partial charge in [-0.1, -0.05) is 42.5 Å². The summed E-state index contributed by atoms with van der Waals surface area (Å²) in [5, 5.41) is 30.3. The van der Waals surface area contributed by atoms with Gasteiger partial charge in [-0.15, -0.1) is 11.8 Å². The number of ketones is 1. The molecule has 0 aliphatic rings. The number of nitrogens with one attached hydrogen (secondary N) is 2. The monoisotopic (exact) mass is 586 g/mol. The number of carbonyl (C=O) groups excluding carboxylic acids is 2. The number of aromatic hydroxyl groups is 1. The summed E-state index contributed by atoms with van der Waals surface area (Å²) in [4.78, 5) is 47.5. The Bertz CT molecular complexity index is 1490. The molecule has 0 bridgehead atoms. The van der Waals surface area contributed by atoms with E-state index in [2.05, 4.69) is 10.0 Å². The van der Waals surface area contributed by atoms with Crippen LogP contribution < -0.4 is 10.0 Å². The van der Waals surface area contributed by atoms with Gasteiger partial charge in [0.1, 0.15) is 11.3 Å². The number of carboxylic acid groups (broad SMARTS) is 2. The number of benzene rings is 3. The predicted octanol–water partition coefficient (Wildman–Crippen LogP) is 2.64. The number of thioether (sulfide) groups is 1. The zero-order chi connectivity index (χ0) is 29.3. The summed E-state index contributed by atoms with van der Waals surface area (Å²) in [6.07, 6.45) is -0.572. The van der Waals surface area contributed by atoms with E-state index in [1.54, 1.807) is 0 Å². The molecule has 5 N–H and O–H groups in total. The number of carbonyl (C=O) groups is 4. The number of amides is 1. The predicted molar refractivity (Wildman–Crippen MR) is 147 cm³/mol. The summed E-state index contributed by atoms with van der Waals surface area (Å²) in [6.45, 7) is -0.188. The van der Waals surface area contributed by atoms with Crippen LogP contribution in [0.4, 0.5) is 0 Å². The SMILES string of the molecule is O=C(O)C[C@H](NC(=O)c1ccc(CNS(=O)(=O)c2ccc(O)c(C(=O)O)c2)cc1)C(=O)CSCc1ccccc1. The van der Waals surface area contributed by atoms with Crippen LogP contribution >= 0.6 is 11.8 Å². The summed E-state index contributed by atoms with van der Waals surface area (Å²) >= 11 is 1.31. The van der Waals surface area contributed by atoms with Gasteiger partial charge in [0.2, 0.25) is 10.0 Å². The van der Waals surface area contributed by atoms with Crippen LogP contribution in [0, 0.1) is 0 Å². The lowest BCUT2D eigenvalue weighted by Crippen LogP contribution is -2.43. The van der Waals surface area contributed by atoms with Crippen LogP contribution in [0.25, 0.3) is 0 Å². The minimum absolute atomic E-state index is 0.0151. The highest BCUT2D eigenvalue weighted by molar-refractivity contribution is 7.99. The molecule has 0 unspecified atom stereocenters. The molecule has 0 radical (unpaired) electrons. The Balaban J connectivity index is 1.59. The van der Waals surface area contributed by atoms with Gasteiger partial charge in [-0.3, -0.25) is 14.4 Å². The number of hydrogen-bond donors (Lipinski definition) is 5. The molecule has 0 saturated carbocycles. The molecule has 0 fully saturated rings. The number of hydrogen-bond acceptors (Lipinski definition) is 8. The molecule has 1 amide bonds. The number of rotatable bonds is 14. The summed E-state index contributed by atoms with van der Waals surface area (Å²) in [5.41, 5.74) is 1.05. The standard InChI is InChI=1S/C27H26N2O9S2/c30-23-11-10-20(12-21(23)27(35)36)40(37,38)28-14-17-6-8-19(9-7-17)26(34)29-22(13-25(32)33)24(31)16-39-15-18-4-2-1-3-5-18/h1-12,22,28,30H,13-16H2,(H,29,34)(H,32,33)(H,35,36)/t22-/m0/s1. The molecule has 11 nitrogen and oxygen atoms in total. The van der Waals surface area contributed by atoms with Crippen molar-refractivity contribution in [3.05, 3.63) is 95.1 Å². The fraction of sp³-hybridized carbons (Fsp3) is 0.185. The van der Waals surface area contributed by atoms with Gasteiger partial charge in [0.05, 0.1) is 23.1 Å². The highest BCUT2D eigenvalue weighted by atomic mass is 32.2. The molecule has 3 aromatic carbocycles. The molecule has 0 spiro atoms. The smallest absolute Gasteiger partial charge is 0.339 e. The van der Waals surface area contributed by atoms with Gasteiger partial charge in [-0.2, -0.15) is 0 Å². The molecule has 3 aromatic rings. The van der Waals surface area contributed by atoms with Crippen LogP contribution in [-0.2, 0) is 31.9 Å². The van der Waals surface area contributed by atoms with Crippen molar-refractivity contribution >= 4 is 45.4 Å². The first kappa shape index (κ1) is 30.3. The number of carboxylic acids is 2. The van der Waals surface area contributed by atoms with Gasteiger partial charge in [0.15, 0.2) is 5.78 Å². The minimum Gasteiger partial charge on any atom is -0.507 e. The Labute approximate surface area is 234 Å². The molecule has 210 valence electrons. The minimum atomic E-state index is -4.12. The average molecular weight is 587 g/mol. The molecular weight excluding hydrogens is 560 g/mol. The summed E-state index contributed by atoms with van der Waals surface area (Å²) in [7, 11) is -4.12. The molecule has 13 heteroatoms. The maximum Gasteiger partial charge on any atom is 0.339 e. The van der Waals surface area contributed by atoms with E-state index in [1.165, 1.54) is 36.0 Å². The Kier molecular flexibility index (Phi) is 10.4. The normalized spacial score (nSPS) is 11.9. The van der Waals surface area contributed by atoms with Crippen molar-refractivity contribution in [3.63, 3.8) is 0 Å². The molecule has 0 heterocycles. The van der Waals surface area contributed by atoms with E-state index in [0.29, 0.717) is 11.3 Å². The average Bonchev–Trinajstić information content (AvgIpc) is 2.92. The second kappa shape index (κ2) is 13.7. The fourth-order valence-electron chi connectivity index (χ4n) is 3.50. The quantitative estimate of drug-likeness (QED) is 0.188. The summed E-state index contributed by atoms with van der Waals surface area (Å²) in [6, 6.07) is 16.8. The van der Waals surface area contributed by atoms with E-state index < -0.39 is 57.4 Å². The largest absolute Gasteiger partial charge is 0.507 e. The van der Waals surface area contributed by atoms with Gasteiger partial charge < -0.3 is 20.6 Å². The number of aliphatic carboxylic acids is 1. The van der Waals surface area contributed by atoms with E-state index >= 15 is 0 Å².